The molecule has 0 atom stereocenters. The molecule has 20 heavy (non-hydrogen) atoms. The van der Waals surface area contributed by atoms with Crippen LogP contribution in [0.5, 0.6) is 0 Å². The lowest BCUT2D eigenvalue weighted by molar-refractivity contribution is -0.384. The summed E-state index contributed by atoms with van der Waals surface area (Å²) >= 11 is 0. The Morgan fingerprint density at radius 2 is 2.25 bits per heavy atom. The van der Waals surface area contributed by atoms with Gasteiger partial charge in [-0.3, -0.25) is 10.1 Å². The highest BCUT2D eigenvalue weighted by Gasteiger charge is 2.18. The molecule has 0 unspecified atom stereocenters. The van der Waals surface area contributed by atoms with Crippen LogP contribution < -0.4 is 5.32 Å². The highest BCUT2D eigenvalue weighted by Crippen LogP contribution is 2.22. The number of hydrogen-bond acceptors (Lipinski definition) is 8. The van der Waals surface area contributed by atoms with Crippen LogP contribution in [0.4, 0.5) is 11.5 Å². The Morgan fingerprint density at radius 1 is 1.50 bits per heavy atom. The van der Waals surface area contributed by atoms with E-state index in [1.54, 1.807) is 6.92 Å². The van der Waals surface area contributed by atoms with Crippen LogP contribution in [0, 0.1) is 17.0 Å². The van der Waals surface area contributed by atoms with E-state index >= 15 is 0 Å². The van der Waals surface area contributed by atoms with Crippen LogP contribution >= 0.6 is 0 Å². The predicted octanol–water partition coefficient (Wildman–Crippen LogP) is 0.992. The Hall–Kier alpha value is -3.04. The molecule has 0 aliphatic rings. The van der Waals surface area contributed by atoms with Crippen molar-refractivity contribution in [2.75, 3.05) is 5.32 Å². The van der Waals surface area contributed by atoms with Gasteiger partial charge in [0.2, 0.25) is 11.7 Å². The topological polar surface area (TPSA) is 144 Å². The maximum absolute atomic E-state index is 10.8. The van der Waals surface area contributed by atoms with Crippen molar-refractivity contribution in [2.24, 2.45) is 0 Å². The minimum atomic E-state index is -1.28. The van der Waals surface area contributed by atoms with E-state index in [1.807, 2.05) is 0 Å². The van der Waals surface area contributed by atoms with Gasteiger partial charge in [0.15, 0.2) is 11.5 Å². The van der Waals surface area contributed by atoms with Crippen LogP contribution in [0.2, 0.25) is 0 Å². The average molecular weight is 279 g/mol. The van der Waals surface area contributed by atoms with E-state index in [0.717, 1.165) is 12.1 Å². The lowest BCUT2D eigenvalue weighted by Gasteiger charge is -2.04. The van der Waals surface area contributed by atoms with E-state index in [9.17, 15) is 14.9 Å². The first kappa shape index (κ1) is 13.4. The zero-order valence-electron chi connectivity index (χ0n) is 10.2. The Labute approximate surface area is 111 Å². The van der Waals surface area contributed by atoms with Crippen LogP contribution in [0.25, 0.3) is 0 Å². The van der Waals surface area contributed by atoms with Gasteiger partial charge in [-0.15, -0.1) is 0 Å². The summed E-state index contributed by atoms with van der Waals surface area (Å²) < 4.78 is 4.83. The quantitative estimate of drug-likeness (QED) is 0.604. The summed E-state index contributed by atoms with van der Waals surface area (Å²) in [4.78, 5) is 28.6. The summed E-state index contributed by atoms with van der Waals surface area (Å²) in [6, 6.07) is 2.13. The number of carboxylic acid groups (broad SMARTS) is 1. The van der Waals surface area contributed by atoms with Crippen molar-refractivity contribution in [1.29, 1.82) is 0 Å². The van der Waals surface area contributed by atoms with Gasteiger partial charge in [-0.2, -0.15) is 4.98 Å². The first-order valence-electron chi connectivity index (χ1n) is 5.39. The van der Waals surface area contributed by atoms with E-state index in [0.29, 0.717) is 5.82 Å². The van der Waals surface area contributed by atoms with Gasteiger partial charge in [0.1, 0.15) is 0 Å². The summed E-state index contributed by atoms with van der Waals surface area (Å²) in [5.74, 6) is -0.829. The molecule has 0 saturated carbocycles. The summed E-state index contributed by atoms with van der Waals surface area (Å²) in [6.07, 6.45) is 0. The Morgan fingerprint density at radius 3 is 2.80 bits per heavy atom. The Kier molecular flexibility index (Phi) is 3.55. The second-order valence-corrected chi connectivity index (χ2v) is 3.72. The maximum atomic E-state index is 10.8. The second kappa shape index (κ2) is 5.30. The van der Waals surface area contributed by atoms with Gasteiger partial charge in [-0.05, 0) is 13.0 Å². The Bertz CT molecular complexity index is 668. The molecule has 2 aromatic heterocycles. The smallest absolute Gasteiger partial charge is 0.354 e. The number of nitrogens with one attached hydrogen (secondary N) is 1. The molecule has 2 aromatic rings. The molecule has 10 nitrogen and oxygen atoms in total. The SMILES string of the molecule is Cc1noc(CNc2nc(C(=O)O)ccc2[N+](=O)[O-])n1. The molecule has 0 aromatic carbocycles. The fraction of sp³-hybridized carbons (Fsp3) is 0.200. The number of rotatable bonds is 5. The van der Waals surface area contributed by atoms with Crippen molar-refractivity contribution in [3.63, 3.8) is 0 Å². The molecular formula is C10H9N5O5. The number of nitrogens with zero attached hydrogens (tertiary/aromatic N) is 4. The summed E-state index contributed by atoms with van der Waals surface area (Å²) in [5.41, 5.74) is -0.647. The zero-order valence-corrected chi connectivity index (χ0v) is 10.2. The van der Waals surface area contributed by atoms with Gasteiger partial charge in [0.25, 0.3) is 0 Å². The molecule has 0 saturated heterocycles. The fourth-order valence-corrected chi connectivity index (χ4v) is 1.42. The number of aromatic nitrogens is 3. The molecule has 0 aliphatic heterocycles. The molecule has 2 N–H and O–H groups in total. The molecule has 104 valence electrons. The van der Waals surface area contributed by atoms with E-state index < -0.39 is 10.9 Å². The van der Waals surface area contributed by atoms with Crippen molar-refractivity contribution in [2.45, 2.75) is 13.5 Å². The van der Waals surface area contributed by atoms with E-state index in [4.69, 9.17) is 9.63 Å². The fourth-order valence-electron chi connectivity index (χ4n) is 1.42. The lowest BCUT2D eigenvalue weighted by Crippen LogP contribution is -2.08. The van der Waals surface area contributed by atoms with Crippen LogP contribution in [0.15, 0.2) is 16.7 Å². The lowest BCUT2D eigenvalue weighted by atomic mass is 10.3. The number of carbonyl (C=O) groups is 1. The highest BCUT2D eigenvalue weighted by molar-refractivity contribution is 5.86. The number of anilines is 1. The molecule has 10 heteroatoms. The minimum absolute atomic E-state index is 0.00223. The second-order valence-electron chi connectivity index (χ2n) is 3.72. The standard InChI is InChI=1S/C10H9N5O5/c1-5-12-8(20-14-5)4-11-9-7(15(18)19)3-2-6(13-9)10(16)17/h2-3H,4H2,1H3,(H,11,13)(H,16,17). The molecule has 0 spiro atoms. The number of carboxylic acids is 1. The summed E-state index contributed by atoms with van der Waals surface area (Å²) in [6.45, 7) is 1.62. The number of aromatic carboxylic acids is 1. The molecule has 2 rings (SSSR count). The largest absolute Gasteiger partial charge is 0.477 e. The molecular weight excluding hydrogens is 270 g/mol. The third kappa shape index (κ3) is 2.85. The number of aryl methyl sites for hydroxylation is 1. The van der Waals surface area contributed by atoms with Crippen LogP contribution in [-0.2, 0) is 6.54 Å². The predicted molar refractivity (Wildman–Crippen MR) is 64.2 cm³/mol. The molecule has 2 heterocycles. The maximum Gasteiger partial charge on any atom is 0.354 e. The first-order chi connectivity index (χ1) is 9.47. The minimum Gasteiger partial charge on any atom is -0.477 e. The highest BCUT2D eigenvalue weighted by atomic mass is 16.6. The third-order valence-corrected chi connectivity index (χ3v) is 2.27. The van der Waals surface area contributed by atoms with Crippen molar-refractivity contribution in [3.05, 3.63) is 39.7 Å². The van der Waals surface area contributed by atoms with Gasteiger partial charge in [-0.1, -0.05) is 5.16 Å². The number of hydrogen-bond donors (Lipinski definition) is 2. The van der Waals surface area contributed by atoms with Crippen molar-refractivity contribution < 1.29 is 19.3 Å². The van der Waals surface area contributed by atoms with Crippen molar-refractivity contribution in [1.82, 2.24) is 15.1 Å². The average Bonchev–Trinajstić information content (AvgIpc) is 2.81. The normalized spacial score (nSPS) is 10.2. The van der Waals surface area contributed by atoms with Crippen LogP contribution in [-0.4, -0.2) is 31.1 Å². The zero-order chi connectivity index (χ0) is 14.7. The van der Waals surface area contributed by atoms with E-state index in [1.165, 1.54) is 0 Å². The van der Waals surface area contributed by atoms with Gasteiger partial charge in [0, 0.05) is 6.07 Å². The third-order valence-electron chi connectivity index (χ3n) is 2.27. The van der Waals surface area contributed by atoms with E-state index in [-0.39, 0.29) is 29.6 Å². The molecule has 0 radical (unpaired) electrons. The molecule has 0 aliphatic carbocycles. The van der Waals surface area contributed by atoms with Gasteiger partial charge >= 0.3 is 11.7 Å². The van der Waals surface area contributed by atoms with Gasteiger partial charge in [-0.25, -0.2) is 9.78 Å². The van der Waals surface area contributed by atoms with Gasteiger partial charge < -0.3 is 14.9 Å². The number of pyridine rings is 1. The van der Waals surface area contributed by atoms with Crippen molar-refractivity contribution >= 4 is 17.5 Å². The summed E-state index contributed by atoms with van der Waals surface area (Å²) in [7, 11) is 0. The summed E-state index contributed by atoms with van der Waals surface area (Å²) in [5, 5.41) is 25.8. The molecule has 0 amide bonds. The molecule has 0 bridgehead atoms. The first-order valence-corrected chi connectivity index (χ1v) is 5.39. The molecule has 0 fully saturated rings. The van der Waals surface area contributed by atoms with Gasteiger partial charge in [0.05, 0.1) is 11.5 Å². The van der Waals surface area contributed by atoms with Crippen molar-refractivity contribution in [3.8, 4) is 0 Å². The van der Waals surface area contributed by atoms with Crippen LogP contribution in [0.1, 0.15) is 22.2 Å². The van der Waals surface area contributed by atoms with Crippen LogP contribution in [0.3, 0.4) is 0 Å². The monoisotopic (exact) mass is 279 g/mol. The number of nitro groups is 1. The Balaban J connectivity index is 2.25. The van der Waals surface area contributed by atoms with E-state index in [2.05, 4.69) is 20.4 Å².